The van der Waals surface area contributed by atoms with Gasteiger partial charge in [-0.25, -0.2) is 4.79 Å². The van der Waals surface area contributed by atoms with Gasteiger partial charge in [0.25, 0.3) is 0 Å². The van der Waals surface area contributed by atoms with Crippen LogP contribution in [0.1, 0.15) is 5.56 Å². The number of carbonyl (C=O) groups is 1. The minimum absolute atomic E-state index is 0.255. The Bertz CT molecular complexity index is 722. The largest absolute Gasteiger partial charge is 0.457 e. The Morgan fingerprint density at radius 1 is 1.00 bits per heavy atom. The SMILES string of the molecule is O=C(NCc1ccc(Oc2ccccc2)cc1)n1cccn1. The molecule has 0 aliphatic heterocycles. The van der Waals surface area contributed by atoms with Gasteiger partial charge in [0, 0.05) is 18.9 Å². The zero-order chi connectivity index (χ0) is 15.2. The molecule has 3 rings (SSSR count). The van der Waals surface area contributed by atoms with E-state index < -0.39 is 0 Å². The van der Waals surface area contributed by atoms with Crippen LogP contribution in [0.2, 0.25) is 0 Å². The van der Waals surface area contributed by atoms with Gasteiger partial charge < -0.3 is 10.1 Å². The molecule has 5 nitrogen and oxygen atoms in total. The molecule has 0 saturated carbocycles. The average molecular weight is 293 g/mol. The van der Waals surface area contributed by atoms with Crippen molar-refractivity contribution in [3.8, 4) is 11.5 Å². The van der Waals surface area contributed by atoms with Crippen molar-refractivity contribution < 1.29 is 9.53 Å². The second kappa shape index (κ2) is 6.58. The number of rotatable bonds is 4. The lowest BCUT2D eigenvalue weighted by atomic mass is 10.2. The molecule has 0 atom stereocenters. The van der Waals surface area contributed by atoms with Crippen molar-refractivity contribution in [3.63, 3.8) is 0 Å². The fourth-order valence-corrected chi connectivity index (χ4v) is 1.95. The van der Waals surface area contributed by atoms with Gasteiger partial charge in [0.05, 0.1) is 0 Å². The molecule has 3 aromatic rings. The van der Waals surface area contributed by atoms with Crippen LogP contribution in [0, 0.1) is 0 Å². The van der Waals surface area contributed by atoms with Gasteiger partial charge in [-0.15, -0.1) is 0 Å². The number of para-hydroxylation sites is 1. The lowest BCUT2D eigenvalue weighted by Gasteiger charge is -2.08. The fraction of sp³-hybridized carbons (Fsp3) is 0.0588. The first kappa shape index (κ1) is 13.9. The number of amides is 1. The number of nitrogens with one attached hydrogen (secondary N) is 1. The molecule has 0 radical (unpaired) electrons. The second-order valence-corrected chi connectivity index (χ2v) is 4.67. The molecule has 0 unspecified atom stereocenters. The van der Waals surface area contributed by atoms with Gasteiger partial charge in [-0.2, -0.15) is 9.78 Å². The third-order valence-corrected chi connectivity index (χ3v) is 3.06. The molecule has 0 fully saturated rings. The summed E-state index contributed by atoms with van der Waals surface area (Å²) in [7, 11) is 0. The maximum absolute atomic E-state index is 11.8. The summed E-state index contributed by atoms with van der Waals surface area (Å²) in [6.45, 7) is 0.435. The number of benzene rings is 2. The third kappa shape index (κ3) is 3.52. The smallest absolute Gasteiger partial charge is 0.342 e. The van der Waals surface area contributed by atoms with Crippen LogP contribution in [0.15, 0.2) is 73.1 Å². The maximum atomic E-state index is 11.8. The predicted octanol–water partition coefficient (Wildman–Crippen LogP) is 3.43. The molecule has 0 saturated heterocycles. The normalized spacial score (nSPS) is 10.2. The molecule has 2 aromatic carbocycles. The van der Waals surface area contributed by atoms with E-state index in [0.29, 0.717) is 6.54 Å². The van der Waals surface area contributed by atoms with Crippen LogP contribution in [-0.2, 0) is 6.54 Å². The molecular formula is C17H15N3O2. The molecule has 110 valence electrons. The van der Waals surface area contributed by atoms with E-state index in [9.17, 15) is 4.79 Å². The van der Waals surface area contributed by atoms with Crippen LogP contribution in [0.5, 0.6) is 11.5 Å². The van der Waals surface area contributed by atoms with E-state index in [1.807, 2.05) is 54.6 Å². The third-order valence-electron chi connectivity index (χ3n) is 3.06. The second-order valence-electron chi connectivity index (χ2n) is 4.67. The number of nitrogens with zero attached hydrogens (tertiary/aromatic N) is 2. The van der Waals surface area contributed by atoms with Crippen molar-refractivity contribution in [1.29, 1.82) is 0 Å². The predicted molar refractivity (Wildman–Crippen MR) is 82.8 cm³/mol. The van der Waals surface area contributed by atoms with Crippen molar-refractivity contribution in [3.05, 3.63) is 78.6 Å². The topological polar surface area (TPSA) is 56.1 Å². The minimum atomic E-state index is -0.255. The van der Waals surface area contributed by atoms with Gasteiger partial charge in [-0.05, 0) is 35.9 Å². The molecule has 1 N–H and O–H groups in total. The maximum Gasteiger partial charge on any atom is 0.342 e. The first-order chi connectivity index (χ1) is 10.8. The van der Waals surface area contributed by atoms with Crippen LogP contribution in [0.3, 0.4) is 0 Å². The number of hydrogen-bond donors (Lipinski definition) is 1. The Morgan fingerprint density at radius 2 is 1.73 bits per heavy atom. The summed E-state index contributed by atoms with van der Waals surface area (Å²) >= 11 is 0. The summed E-state index contributed by atoms with van der Waals surface area (Å²) in [5.74, 6) is 1.55. The average Bonchev–Trinajstić information content (AvgIpc) is 3.09. The molecule has 0 aliphatic rings. The molecule has 0 spiro atoms. The van der Waals surface area contributed by atoms with Crippen molar-refractivity contribution in [2.24, 2.45) is 0 Å². The van der Waals surface area contributed by atoms with Crippen LogP contribution in [0.4, 0.5) is 4.79 Å². The first-order valence-electron chi connectivity index (χ1n) is 6.91. The summed E-state index contributed by atoms with van der Waals surface area (Å²) in [6.07, 6.45) is 3.17. The van der Waals surface area contributed by atoms with Crippen LogP contribution < -0.4 is 10.1 Å². The molecule has 0 aliphatic carbocycles. The number of hydrogen-bond acceptors (Lipinski definition) is 3. The molecule has 22 heavy (non-hydrogen) atoms. The van der Waals surface area contributed by atoms with Gasteiger partial charge in [0.2, 0.25) is 0 Å². The standard InChI is InChI=1S/C17H15N3O2/c21-17(20-12-4-11-19-20)18-13-14-7-9-16(10-8-14)22-15-5-2-1-3-6-15/h1-12H,13H2,(H,18,21). The Balaban J connectivity index is 1.56. The van der Waals surface area contributed by atoms with E-state index in [2.05, 4.69) is 10.4 Å². The van der Waals surface area contributed by atoms with E-state index in [1.54, 1.807) is 18.5 Å². The number of aromatic nitrogens is 2. The minimum Gasteiger partial charge on any atom is -0.457 e. The fourth-order valence-electron chi connectivity index (χ4n) is 1.95. The Kier molecular flexibility index (Phi) is 4.15. The number of ether oxygens (including phenoxy) is 1. The van der Waals surface area contributed by atoms with Gasteiger partial charge in [-0.1, -0.05) is 30.3 Å². The van der Waals surface area contributed by atoms with Crippen LogP contribution >= 0.6 is 0 Å². The Labute approximate surface area is 128 Å². The summed E-state index contributed by atoms with van der Waals surface area (Å²) in [5.41, 5.74) is 0.987. The summed E-state index contributed by atoms with van der Waals surface area (Å²) in [4.78, 5) is 11.8. The Morgan fingerprint density at radius 3 is 2.41 bits per heavy atom. The van der Waals surface area contributed by atoms with Gasteiger partial charge in [0.1, 0.15) is 11.5 Å². The van der Waals surface area contributed by atoms with E-state index >= 15 is 0 Å². The van der Waals surface area contributed by atoms with E-state index in [4.69, 9.17) is 4.74 Å². The quantitative estimate of drug-likeness (QED) is 0.801. The van der Waals surface area contributed by atoms with Gasteiger partial charge in [-0.3, -0.25) is 0 Å². The monoisotopic (exact) mass is 293 g/mol. The molecular weight excluding hydrogens is 278 g/mol. The zero-order valence-electron chi connectivity index (χ0n) is 11.8. The lowest BCUT2D eigenvalue weighted by Crippen LogP contribution is -2.28. The number of carbonyl (C=O) groups excluding carboxylic acids is 1. The molecule has 0 bridgehead atoms. The van der Waals surface area contributed by atoms with Crippen molar-refractivity contribution in [2.45, 2.75) is 6.54 Å². The van der Waals surface area contributed by atoms with E-state index in [-0.39, 0.29) is 6.03 Å². The summed E-state index contributed by atoms with van der Waals surface area (Å²) in [5, 5.41) is 6.67. The van der Waals surface area contributed by atoms with Crippen molar-refractivity contribution in [1.82, 2.24) is 15.1 Å². The molecule has 1 amide bonds. The summed E-state index contributed by atoms with van der Waals surface area (Å²) < 4.78 is 6.97. The van der Waals surface area contributed by atoms with Gasteiger partial charge in [0.15, 0.2) is 0 Å². The van der Waals surface area contributed by atoms with Crippen molar-refractivity contribution in [2.75, 3.05) is 0 Å². The van der Waals surface area contributed by atoms with Crippen molar-refractivity contribution >= 4 is 6.03 Å². The summed E-state index contributed by atoms with van der Waals surface area (Å²) in [6, 6.07) is 18.6. The van der Waals surface area contributed by atoms with E-state index in [0.717, 1.165) is 17.1 Å². The van der Waals surface area contributed by atoms with Crippen LogP contribution in [0.25, 0.3) is 0 Å². The first-order valence-corrected chi connectivity index (χ1v) is 6.91. The highest BCUT2D eigenvalue weighted by molar-refractivity contribution is 5.75. The highest BCUT2D eigenvalue weighted by Gasteiger charge is 2.03. The molecule has 1 heterocycles. The highest BCUT2D eigenvalue weighted by Crippen LogP contribution is 2.20. The zero-order valence-corrected chi connectivity index (χ0v) is 11.8. The Hall–Kier alpha value is -3.08. The molecule has 5 heteroatoms. The highest BCUT2D eigenvalue weighted by atomic mass is 16.5. The molecule has 1 aromatic heterocycles. The van der Waals surface area contributed by atoms with E-state index in [1.165, 1.54) is 4.68 Å². The van der Waals surface area contributed by atoms with Crippen LogP contribution in [-0.4, -0.2) is 15.8 Å². The van der Waals surface area contributed by atoms with Gasteiger partial charge >= 0.3 is 6.03 Å². The lowest BCUT2D eigenvalue weighted by molar-refractivity contribution is 0.239.